The first-order valence-corrected chi connectivity index (χ1v) is 11.5. The van der Waals surface area contributed by atoms with Gasteiger partial charge >= 0.3 is 0 Å². The summed E-state index contributed by atoms with van der Waals surface area (Å²) in [6.45, 7) is 1.96. The molecule has 0 unspecified atom stereocenters. The number of phenols is 1. The van der Waals surface area contributed by atoms with Gasteiger partial charge in [0.15, 0.2) is 5.78 Å². The third-order valence-corrected chi connectivity index (χ3v) is 6.81. The first kappa shape index (κ1) is 20.6. The van der Waals surface area contributed by atoms with Crippen LogP contribution in [0.1, 0.15) is 59.2 Å². The van der Waals surface area contributed by atoms with Gasteiger partial charge in [0.05, 0.1) is 11.3 Å². The summed E-state index contributed by atoms with van der Waals surface area (Å²) in [6.07, 6.45) is 9.81. The van der Waals surface area contributed by atoms with Crippen LogP contribution >= 0.6 is 0 Å². The highest BCUT2D eigenvalue weighted by atomic mass is 16.3. The van der Waals surface area contributed by atoms with E-state index in [1.165, 1.54) is 37.7 Å². The van der Waals surface area contributed by atoms with Crippen LogP contribution in [0.3, 0.4) is 0 Å². The zero-order chi connectivity index (χ0) is 22.1. The first-order chi connectivity index (χ1) is 15.6. The third-order valence-electron chi connectivity index (χ3n) is 6.81. The molecule has 1 aliphatic heterocycles. The lowest BCUT2D eigenvalue weighted by Gasteiger charge is -2.15. The Balaban J connectivity index is 1.41. The number of Topliss-reactive ketones (excluding diaryl/α,β-unsaturated/α-hetero) is 1. The first-order valence-electron chi connectivity index (χ1n) is 11.5. The van der Waals surface area contributed by atoms with E-state index in [4.69, 9.17) is 0 Å². The molecule has 3 aromatic rings. The van der Waals surface area contributed by atoms with Crippen LogP contribution in [0.5, 0.6) is 5.75 Å². The number of carbonyl (C=O) groups excluding carboxylic acids is 1. The molecule has 1 fully saturated rings. The molecular weight excluding hydrogens is 398 g/mol. The van der Waals surface area contributed by atoms with Gasteiger partial charge in [0.2, 0.25) is 0 Å². The number of phenolic OH excluding ortho intramolecular Hbond substituents is 1. The van der Waals surface area contributed by atoms with Crippen molar-refractivity contribution >= 4 is 28.7 Å². The van der Waals surface area contributed by atoms with Gasteiger partial charge in [-0.25, -0.2) is 4.98 Å². The largest absolute Gasteiger partial charge is 0.508 e. The average molecular weight is 428 g/mol. The minimum atomic E-state index is 0.0348. The van der Waals surface area contributed by atoms with Crippen molar-refractivity contribution < 1.29 is 9.90 Å². The topological polar surface area (TPSA) is 74.2 Å². The lowest BCUT2D eigenvalue weighted by atomic mass is 9.95. The Kier molecular flexibility index (Phi) is 5.56. The molecule has 1 saturated carbocycles. The highest BCUT2D eigenvalue weighted by Crippen LogP contribution is 2.36. The van der Waals surface area contributed by atoms with E-state index < -0.39 is 0 Å². The van der Waals surface area contributed by atoms with Crippen LogP contribution in [-0.2, 0) is 12.8 Å². The van der Waals surface area contributed by atoms with E-state index in [0.29, 0.717) is 23.5 Å². The molecule has 2 heterocycles. The molecule has 3 N–H and O–H groups in total. The van der Waals surface area contributed by atoms with Gasteiger partial charge < -0.3 is 15.7 Å². The number of ketones is 1. The number of aromatic hydroxyl groups is 1. The molecule has 2 aliphatic rings. The molecule has 164 valence electrons. The molecule has 2 aromatic carbocycles. The summed E-state index contributed by atoms with van der Waals surface area (Å²) in [5.41, 5.74) is 6.27. The number of hydrogen-bond donors (Lipinski definition) is 3. The van der Waals surface area contributed by atoms with Gasteiger partial charge in [0, 0.05) is 30.1 Å². The van der Waals surface area contributed by atoms with Gasteiger partial charge in [-0.2, -0.15) is 0 Å². The van der Waals surface area contributed by atoms with E-state index in [1.54, 1.807) is 18.3 Å². The number of fused-ring (bicyclic) bond motifs is 2. The number of hydrogen-bond acceptors (Lipinski definition) is 5. The molecule has 1 aliphatic carbocycles. The Morgan fingerprint density at radius 3 is 2.78 bits per heavy atom. The molecular formula is C27H29N3O2. The van der Waals surface area contributed by atoms with Crippen molar-refractivity contribution in [3.8, 4) is 5.75 Å². The van der Waals surface area contributed by atoms with Crippen LogP contribution in [-0.4, -0.2) is 15.9 Å². The third kappa shape index (κ3) is 4.20. The molecule has 0 atom stereocenters. The van der Waals surface area contributed by atoms with Crippen LogP contribution in [0.2, 0.25) is 0 Å². The van der Waals surface area contributed by atoms with Crippen molar-refractivity contribution in [1.82, 2.24) is 4.98 Å². The monoisotopic (exact) mass is 427 g/mol. The fourth-order valence-electron chi connectivity index (χ4n) is 4.96. The summed E-state index contributed by atoms with van der Waals surface area (Å²) in [6, 6.07) is 13.4. The Morgan fingerprint density at radius 1 is 1.09 bits per heavy atom. The summed E-state index contributed by atoms with van der Waals surface area (Å²) in [4.78, 5) is 17.8. The molecule has 1 aromatic heterocycles. The number of rotatable bonds is 5. The molecule has 32 heavy (non-hydrogen) atoms. The fourth-order valence-corrected chi connectivity index (χ4v) is 4.96. The van der Waals surface area contributed by atoms with Crippen molar-refractivity contribution in [2.24, 2.45) is 5.92 Å². The second-order valence-corrected chi connectivity index (χ2v) is 9.11. The van der Waals surface area contributed by atoms with Gasteiger partial charge in [-0.15, -0.1) is 0 Å². The summed E-state index contributed by atoms with van der Waals surface area (Å²) in [5.74, 6) is 1.64. The van der Waals surface area contributed by atoms with Crippen LogP contribution < -0.4 is 10.6 Å². The Hall–Kier alpha value is -3.34. The minimum absolute atomic E-state index is 0.0348. The van der Waals surface area contributed by atoms with Crippen molar-refractivity contribution in [2.75, 3.05) is 10.6 Å². The zero-order valence-corrected chi connectivity index (χ0v) is 18.4. The number of nitrogens with one attached hydrogen (secondary N) is 2. The maximum Gasteiger partial charge on any atom is 0.173 e. The van der Waals surface area contributed by atoms with E-state index in [2.05, 4.69) is 33.8 Å². The van der Waals surface area contributed by atoms with Gasteiger partial charge in [-0.05, 0) is 60.6 Å². The average Bonchev–Trinajstić information content (AvgIpc) is 3.25. The normalized spacial score (nSPS) is 15.6. The van der Waals surface area contributed by atoms with Crippen molar-refractivity contribution in [2.45, 2.75) is 51.9 Å². The van der Waals surface area contributed by atoms with Crippen molar-refractivity contribution in [3.63, 3.8) is 0 Å². The Bertz CT molecular complexity index is 1170. The van der Waals surface area contributed by atoms with Gasteiger partial charge in [-0.1, -0.05) is 43.9 Å². The number of pyridine rings is 1. The van der Waals surface area contributed by atoms with Gasteiger partial charge in [0.25, 0.3) is 0 Å². The van der Waals surface area contributed by atoms with Gasteiger partial charge in [-0.3, -0.25) is 4.79 Å². The smallest absolute Gasteiger partial charge is 0.173 e. The molecule has 0 spiro atoms. The Morgan fingerprint density at radius 2 is 1.94 bits per heavy atom. The molecule has 0 amide bonds. The molecule has 5 rings (SSSR count). The van der Waals surface area contributed by atoms with E-state index in [9.17, 15) is 9.90 Å². The molecule has 5 heteroatoms. The number of benzene rings is 2. The maximum atomic E-state index is 13.3. The quantitative estimate of drug-likeness (QED) is 0.437. The highest BCUT2D eigenvalue weighted by molar-refractivity contribution is 6.09. The van der Waals surface area contributed by atoms with E-state index >= 15 is 0 Å². The predicted octanol–water partition coefficient (Wildman–Crippen LogP) is 6.44. The SMILES string of the molecule is Cc1ccc(O)cc1Nc1ccnc2c1C(=O)Cc1cc(CCC3CCCC3)ccc1N2. The van der Waals surface area contributed by atoms with Crippen LogP contribution in [0.25, 0.3) is 0 Å². The van der Waals surface area contributed by atoms with Crippen LogP contribution in [0, 0.1) is 12.8 Å². The Labute approximate surface area is 188 Å². The van der Waals surface area contributed by atoms with Crippen molar-refractivity contribution in [1.29, 1.82) is 0 Å². The van der Waals surface area contributed by atoms with Crippen molar-refractivity contribution in [3.05, 3.63) is 70.9 Å². The molecule has 0 bridgehead atoms. The highest BCUT2D eigenvalue weighted by Gasteiger charge is 2.24. The molecule has 0 saturated heterocycles. The fraction of sp³-hybridized carbons (Fsp3) is 0.333. The maximum absolute atomic E-state index is 13.3. The van der Waals surface area contributed by atoms with Gasteiger partial charge in [0.1, 0.15) is 11.6 Å². The number of carbonyl (C=O) groups is 1. The second kappa shape index (κ2) is 8.65. The zero-order valence-electron chi connectivity index (χ0n) is 18.4. The predicted molar refractivity (Wildman–Crippen MR) is 128 cm³/mol. The lowest BCUT2D eigenvalue weighted by molar-refractivity contribution is 0.0995. The summed E-state index contributed by atoms with van der Waals surface area (Å²) >= 11 is 0. The molecule has 5 nitrogen and oxygen atoms in total. The molecule has 0 radical (unpaired) electrons. The number of aromatic nitrogens is 1. The summed E-state index contributed by atoms with van der Waals surface area (Å²) < 4.78 is 0. The number of nitrogens with zero attached hydrogens (tertiary/aromatic N) is 1. The van der Waals surface area contributed by atoms with Crippen LogP contribution in [0.15, 0.2) is 48.7 Å². The lowest BCUT2D eigenvalue weighted by Crippen LogP contribution is -2.08. The number of anilines is 4. The van der Waals surface area contributed by atoms with E-state index in [-0.39, 0.29) is 11.5 Å². The van der Waals surface area contributed by atoms with E-state index in [1.807, 2.05) is 19.1 Å². The second-order valence-electron chi connectivity index (χ2n) is 9.11. The van der Waals surface area contributed by atoms with E-state index in [0.717, 1.165) is 34.8 Å². The van der Waals surface area contributed by atoms with Crippen LogP contribution in [0.4, 0.5) is 22.9 Å². The minimum Gasteiger partial charge on any atom is -0.508 e. The summed E-state index contributed by atoms with van der Waals surface area (Å²) in [7, 11) is 0. The standard InChI is InChI=1S/C27H29N3O2/c1-17-6-10-21(31)16-24(17)29-23-12-13-28-27-26(23)25(32)15-20-14-19(9-11-22(20)30-27)8-7-18-4-2-3-5-18/h6,9-14,16,18,31H,2-5,7-8,15H2,1H3,(H2,28,29,30). The summed E-state index contributed by atoms with van der Waals surface area (Å²) in [5, 5.41) is 16.6. The number of aryl methyl sites for hydroxylation is 2.